The van der Waals surface area contributed by atoms with Crippen LogP contribution >= 0.6 is 0 Å². The molecule has 0 spiro atoms. The van der Waals surface area contributed by atoms with Gasteiger partial charge in [0, 0.05) is 11.6 Å². The highest BCUT2D eigenvalue weighted by molar-refractivity contribution is 5.81. The van der Waals surface area contributed by atoms with E-state index in [0.29, 0.717) is 0 Å². The van der Waals surface area contributed by atoms with Gasteiger partial charge in [-0.1, -0.05) is 39.0 Å². The van der Waals surface area contributed by atoms with Gasteiger partial charge in [0.2, 0.25) is 0 Å². The summed E-state index contributed by atoms with van der Waals surface area (Å²) in [5.41, 5.74) is 2.47. The van der Waals surface area contributed by atoms with Gasteiger partial charge in [-0.25, -0.2) is 9.97 Å². The fourth-order valence-corrected chi connectivity index (χ4v) is 1.62. The second-order valence-electron chi connectivity index (χ2n) is 4.52. The van der Waals surface area contributed by atoms with E-state index in [-0.39, 0.29) is 5.41 Å². The maximum absolute atomic E-state index is 4.34. The normalized spacial score (nSPS) is 11.9. The van der Waals surface area contributed by atoms with Crippen molar-refractivity contribution in [3.05, 3.63) is 36.3 Å². The molecule has 0 fully saturated rings. The van der Waals surface area contributed by atoms with Gasteiger partial charge in [-0.3, -0.25) is 0 Å². The van der Waals surface area contributed by atoms with E-state index in [0.717, 1.165) is 10.9 Å². The summed E-state index contributed by atoms with van der Waals surface area (Å²) in [6.45, 7) is 6.59. The van der Waals surface area contributed by atoms with Crippen LogP contribution in [0.5, 0.6) is 0 Å². The highest BCUT2D eigenvalue weighted by atomic mass is 14.8. The van der Waals surface area contributed by atoms with Gasteiger partial charge in [0.25, 0.3) is 0 Å². The van der Waals surface area contributed by atoms with Crippen molar-refractivity contribution >= 4 is 10.9 Å². The predicted octanol–water partition coefficient (Wildman–Crippen LogP) is 2.93. The van der Waals surface area contributed by atoms with Crippen LogP contribution in [0, 0.1) is 0 Å². The molecule has 0 radical (unpaired) electrons. The third-order valence-corrected chi connectivity index (χ3v) is 2.34. The number of nitrogens with zero attached hydrogens (tertiary/aromatic N) is 2. The summed E-state index contributed by atoms with van der Waals surface area (Å²) >= 11 is 0. The van der Waals surface area contributed by atoms with Crippen molar-refractivity contribution in [1.29, 1.82) is 0 Å². The number of aromatic nitrogens is 2. The third kappa shape index (κ3) is 1.48. The van der Waals surface area contributed by atoms with Crippen molar-refractivity contribution in [2.75, 3.05) is 0 Å². The Labute approximate surface area is 84.0 Å². The number of para-hydroxylation sites is 1. The zero-order chi connectivity index (χ0) is 10.2. The standard InChI is InChI=1S/C12H14N2/c1-12(2,3)10-6-4-5-9-7-13-8-14-11(9)10/h4-8H,1-3H3. The Bertz CT molecular complexity index is 450. The highest BCUT2D eigenvalue weighted by Gasteiger charge is 2.16. The molecule has 14 heavy (non-hydrogen) atoms. The molecule has 0 bridgehead atoms. The lowest BCUT2D eigenvalue weighted by Gasteiger charge is -2.20. The molecule has 0 aliphatic rings. The van der Waals surface area contributed by atoms with E-state index in [4.69, 9.17) is 0 Å². The van der Waals surface area contributed by atoms with Gasteiger partial charge < -0.3 is 0 Å². The minimum atomic E-state index is 0.133. The van der Waals surface area contributed by atoms with Gasteiger partial charge in [0.1, 0.15) is 6.33 Å². The molecule has 1 heterocycles. The maximum Gasteiger partial charge on any atom is 0.116 e. The molecule has 1 aromatic carbocycles. The summed E-state index contributed by atoms with van der Waals surface area (Å²) < 4.78 is 0. The zero-order valence-corrected chi connectivity index (χ0v) is 8.78. The first kappa shape index (κ1) is 9.13. The number of hydrogen-bond donors (Lipinski definition) is 0. The van der Waals surface area contributed by atoms with Crippen molar-refractivity contribution in [2.24, 2.45) is 0 Å². The molecule has 0 unspecified atom stereocenters. The van der Waals surface area contributed by atoms with E-state index in [1.165, 1.54) is 5.56 Å². The molecule has 2 aromatic rings. The SMILES string of the molecule is CC(C)(C)c1cccc2cncnc12. The fraction of sp³-hybridized carbons (Fsp3) is 0.333. The van der Waals surface area contributed by atoms with E-state index in [1.807, 2.05) is 12.3 Å². The number of hydrogen-bond acceptors (Lipinski definition) is 2. The molecule has 0 amide bonds. The largest absolute Gasteiger partial charge is 0.244 e. The van der Waals surface area contributed by atoms with Crippen LogP contribution in [0.2, 0.25) is 0 Å². The molecule has 2 heteroatoms. The summed E-state index contributed by atoms with van der Waals surface area (Å²) in [7, 11) is 0. The number of benzene rings is 1. The Morgan fingerprint density at radius 3 is 2.64 bits per heavy atom. The molecular formula is C12H14N2. The van der Waals surface area contributed by atoms with Crippen molar-refractivity contribution < 1.29 is 0 Å². The van der Waals surface area contributed by atoms with E-state index >= 15 is 0 Å². The molecule has 2 nitrogen and oxygen atoms in total. The first-order valence-corrected chi connectivity index (χ1v) is 4.78. The number of rotatable bonds is 0. The lowest BCUT2D eigenvalue weighted by Crippen LogP contribution is -2.12. The minimum absolute atomic E-state index is 0.133. The summed E-state index contributed by atoms with van der Waals surface area (Å²) in [4.78, 5) is 8.36. The lowest BCUT2D eigenvalue weighted by molar-refractivity contribution is 0.594. The van der Waals surface area contributed by atoms with E-state index in [9.17, 15) is 0 Å². The van der Waals surface area contributed by atoms with Crippen molar-refractivity contribution in [1.82, 2.24) is 9.97 Å². The van der Waals surface area contributed by atoms with Gasteiger partial charge in [-0.05, 0) is 11.0 Å². The molecular weight excluding hydrogens is 172 g/mol. The average molecular weight is 186 g/mol. The molecule has 2 rings (SSSR count). The van der Waals surface area contributed by atoms with Crippen LogP contribution in [-0.4, -0.2) is 9.97 Å². The van der Waals surface area contributed by atoms with Crippen LogP contribution in [0.3, 0.4) is 0 Å². The minimum Gasteiger partial charge on any atom is -0.244 e. The summed E-state index contributed by atoms with van der Waals surface area (Å²) in [5, 5.41) is 1.11. The van der Waals surface area contributed by atoms with E-state index in [2.05, 4.69) is 42.9 Å². The van der Waals surface area contributed by atoms with Gasteiger partial charge in [0.05, 0.1) is 5.52 Å². The molecule has 0 N–H and O–H groups in total. The van der Waals surface area contributed by atoms with Gasteiger partial charge in [-0.2, -0.15) is 0 Å². The first-order valence-electron chi connectivity index (χ1n) is 4.78. The van der Waals surface area contributed by atoms with E-state index < -0.39 is 0 Å². The Kier molecular flexibility index (Phi) is 1.99. The summed E-state index contributed by atoms with van der Waals surface area (Å²) in [6, 6.07) is 6.24. The van der Waals surface area contributed by atoms with Crippen LogP contribution in [0.4, 0.5) is 0 Å². The first-order chi connectivity index (χ1) is 6.59. The van der Waals surface area contributed by atoms with Crippen LogP contribution in [0.15, 0.2) is 30.7 Å². The average Bonchev–Trinajstić information content (AvgIpc) is 2.15. The molecule has 0 aliphatic heterocycles. The van der Waals surface area contributed by atoms with Crippen molar-refractivity contribution in [3.8, 4) is 0 Å². The summed E-state index contributed by atoms with van der Waals surface area (Å²) in [5.74, 6) is 0. The molecule has 0 atom stereocenters. The highest BCUT2D eigenvalue weighted by Crippen LogP contribution is 2.27. The van der Waals surface area contributed by atoms with Gasteiger partial charge in [0.15, 0.2) is 0 Å². The topological polar surface area (TPSA) is 25.8 Å². The monoisotopic (exact) mass is 186 g/mol. The van der Waals surface area contributed by atoms with Gasteiger partial charge >= 0.3 is 0 Å². The van der Waals surface area contributed by atoms with Crippen LogP contribution in [-0.2, 0) is 5.41 Å². The van der Waals surface area contributed by atoms with Crippen molar-refractivity contribution in [3.63, 3.8) is 0 Å². The van der Waals surface area contributed by atoms with Crippen LogP contribution in [0.25, 0.3) is 10.9 Å². The molecule has 0 aliphatic carbocycles. The van der Waals surface area contributed by atoms with Crippen molar-refractivity contribution in [2.45, 2.75) is 26.2 Å². The van der Waals surface area contributed by atoms with E-state index in [1.54, 1.807) is 6.33 Å². The quantitative estimate of drug-likeness (QED) is 0.632. The Hall–Kier alpha value is -1.44. The molecule has 72 valence electrons. The van der Waals surface area contributed by atoms with Crippen LogP contribution in [0.1, 0.15) is 26.3 Å². The predicted molar refractivity (Wildman–Crippen MR) is 58.2 cm³/mol. The van der Waals surface area contributed by atoms with Crippen LogP contribution < -0.4 is 0 Å². The second-order valence-corrected chi connectivity index (χ2v) is 4.52. The number of fused-ring (bicyclic) bond motifs is 1. The Balaban J connectivity index is 2.78. The Morgan fingerprint density at radius 1 is 1.14 bits per heavy atom. The Morgan fingerprint density at radius 2 is 1.93 bits per heavy atom. The smallest absolute Gasteiger partial charge is 0.116 e. The lowest BCUT2D eigenvalue weighted by atomic mass is 9.86. The zero-order valence-electron chi connectivity index (χ0n) is 8.78. The molecule has 0 saturated heterocycles. The fourth-order valence-electron chi connectivity index (χ4n) is 1.62. The second kappa shape index (κ2) is 3.05. The van der Waals surface area contributed by atoms with Gasteiger partial charge in [-0.15, -0.1) is 0 Å². The molecule has 1 aromatic heterocycles. The third-order valence-electron chi connectivity index (χ3n) is 2.34. The summed E-state index contributed by atoms with van der Waals surface area (Å²) in [6.07, 6.45) is 3.47. The maximum atomic E-state index is 4.34. The molecule has 0 saturated carbocycles.